The van der Waals surface area contributed by atoms with Crippen LogP contribution in [0.5, 0.6) is 0 Å². The molecule has 0 saturated heterocycles. The molecular formula is C21H19ClN4O6. The van der Waals surface area contributed by atoms with E-state index in [-0.39, 0.29) is 33.4 Å². The summed E-state index contributed by atoms with van der Waals surface area (Å²) in [6.07, 6.45) is 0. The largest absolute Gasteiger partial charge is 0.454 e. The Morgan fingerprint density at radius 3 is 2.50 bits per heavy atom. The van der Waals surface area contributed by atoms with Gasteiger partial charge in [0.2, 0.25) is 0 Å². The number of nitro benzene ring substituents is 1. The molecule has 0 aliphatic heterocycles. The second-order valence-electron chi connectivity index (χ2n) is 6.93. The van der Waals surface area contributed by atoms with Gasteiger partial charge in [-0.3, -0.25) is 19.7 Å². The van der Waals surface area contributed by atoms with Gasteiger partial charge in [-0.05, 0) is 24.1 Å². The van der Waals surface area contributed by atoms with Crippen molar-refractivity contribution >= 4 is 40.8 Å². The van der Waals surface area contributed by atoms with Crippen molar-refractivity contribution in [3.63, 3.8) is 0 Å². The number of carbonyl (C=O) groups is 3. The first-order valence-electron chi connectivity index (χ1n) is 9.34. The summed E-state index contributed by atoms with van der Waals surface area (Å²) in [6.45, 7) is 2.69. The number of nitro groups is 1. The first kappa shape index (κ1) is 24.3. The molecule has 1 atom stereocenters. The van der Waals surface area contributed by atoms with Crippen LogP contribution in [0.3, 0.4) is 0 Å². The van der Waals surface area contributed by atoms with Crippen LogP contribution < -0.4 is 10.6 Å². The smallest absolute Gasteiger partial charge is 0.329 e. The van der Waals surface area contributed by atoms with Crippen molar-refractivity contribution in [1.82, 2.24) is 5.32 Å². The van der Waals surface area contributed by atoms with Gasteiger partial charge in [0.25, 0.3) is 17.5 Å². The predicted octanol–water partition coefficient (Wildman–Crippen LogP) is 3.06. The van der Waals surface area contributed by atoms with Crippen molar-refractivity contribution in [2.45, 2.75) is 19.9 Å². The van der Waals surface area contributed by atoms with Crippen molar-refractivity contribution < 1.29 is 24.0 Å². The lowest BCUT2D eigenvalue weighted by Gasteiger charge is -2.21. The standard InChI is InChI=1S/C21H19ClN4O6/c1-12(2)19(25-20(28)15-5-3-4-6-16(15)22)21(29)32-11-18(27)24-17-8-7-14(26(30)31)9-13(17)10-23/h3-9,12,19H,11H2,1-2H3,(H,24,27)(H,25,28)/t19-/m1/s1. The van der Waals surface area contributed by atoms with Crippen LogP contribution in [0.15, 0.2) is 42.5 Å². The molecular weight excluding hydrogens is 440 g/mol. The van der Waals surface area contributed by atoms with Crippen LogP contribution in [-0.2, 0) is 14.3 Å². The average molecular weight is 459 g/mol. The van der Waals surface area contributed by atoms with Crippen molar-refractivity contribution in [1.29, 1.82) is 5.26 Å². The van der Waals surface area contributed by atoms with Gasteiger partial charge in [-0.1, -0.05) is 37.6 Å². The van der Waals surface area contributed by atoms with Crippen LogP contribution in [-0.4, -0.2) is 35.4 Å². The molecule has 166 valence electrons. The zero-order valence-electron chi connectivity index (χ0n) is 17.1. The highest BCUT2D eigenvalue weighted by Gasteiger charge is 2.27. The van der Waals surface area contributed by atoms with E-state index in [0.29, 0.717) is 0 Å². The van der Waals surface area contributed by atoms with Gasteiger partial charge in [0.05, 0.1) is 26.8 Å². The quantitative estimate of drug-likeness (QED) is 0.350. The number of rotatable bonds is 8. The Labute approximate surface area is 188 Å². The molecule has 2 aromatic rings. The first-order chi connectivity index (χ1) is 15.1. The molecule has 2 N–H and O–H groups in total. The molecule has 0 unspecified atom stereocenters. The fourth-order valence-corrected chi connectivity index (χ4v) is 2.84. The third-order valence-electron chi connectivity index (χ3n) is 4.28. The van der Waals surface area contributed by atoms with Crippen LogP contribution in [0.1, 0.15) is 29.8 Å². The number of hydrogen-bond acceptors (Lipinski definition) is 7. The summed E-state index contributed by atoms with van der Waals surface area (Å²) in [6, 6.07) is 10.4. The number of amides is 2. The van der Waals surface area contributed by atoms with E-state index >= 15 is 0 Å². The van der Waals surface area contributed by atoms with Crippen molar-refractivity contribution in [2.24, 2.45) is 5.92 Å². The molecule has 32 heavy (non-hydrogen) atoms. The molecule has 0 saturated carbocycles. The zero-order valence-corrected chi connectivity index (χ0v) is 17.9. The lowest BCUT2D eigenvalue weighted by molar-refractivity contribution is -0.384. The molecule has 2 amide bonds. The van der Waals surface area contributed by atoms with Gasteiger partial charge in [0.15, 0.2) is 6.61 Å². The van der Waals surface area contributed by atoms with E-state index in [1.165, 1.54) is 18.2 Å². The number of nitriles is 1. The monoisotopic (exact) mass is 458 g/mol. The molecule has 0 aromatic heterocycles. The number of non-ortho nitro benzene ring substituents is 1. The highest BCUT2D eigenvalue weighted by atomic mass is 35.5. The van der Waals surface area contributed by atoms with Crippen LogP contribution in [0.2, 0.25) is 5.02 Å². The van der Waals surface area contributed by atoms with Crippen molar-refractivity contribution in [2.75, 3.05) is 11.9 Å². The summed E-state index contributed by atoms with van der Waals surface area (Å²) in [5.41, 5.74) is -0.204. The van der Waals surface area contributed by atoms with Crippen molar-refractivity contribution in [3.8, 4) is 6.07 Å². The normalized spacial score (nSPS) is 11.2. The third kappa shape index (κ3) is 6.26. The number of nitrogens with one attached hydrogen (secondary N) is 2. The Morgan fingerprint density at radius 1 is 1.22 bits per heavy atom. The van der Waals surface area contributed by atoms with Gasteiger partial charge in [0.1, 0.15) is 12.1 Å². The average Bonchev–Trinajstić information content (AvgIpc) is 2.75. The lowest BCUT2D eigenvalue weighted by Crippen LogP contribution is -2.46. The highest BCUT2D eigenvalue weighted by Crippen LogP contribution is 2.21. The summed E-state index contributed by atoms with van der Waals surface area (Å²) >= 11 is 6.00. The Morgan fingerprint density at radius 2 is 1.91 bits per heavy atom. The third-order valence-corrected chi connectivity index (χ3v) is 4.61. The maximum absolute atomic E-state index is 12.5. The van der Waals surface area contributed by atoms with Gasteiger partial charge in [-0.15, -0.1) is 0 Å². The number of hydrogen-bond donors (Lipinski definition) is 2. The van der Waals surface area contributed by atoms with Crippen LogP contribution in [0, 0.1) is 27.4 Å². The molecule has 2 rings (SSSR count). The second kappa shape index (κ2) is 10.9. The highest BCUT2D eigenvalue weighted by molar-refractivity contribution is 6.33. The van der Waals surface area contributed by atoms with E-state index in [2.05, 4.69) is 10.6 Å². The van der Waals surface area contributed by atoms with Crippen LogP contribution in [0.25, 0.3) is 0 Å². The molecule has 2 aromatic carbocycles. The van der Waals surface area contributed by atoms with Crippen molar-refractivity contribution in [3.05, 3.63) is 68.7 Å². The Hall–Kier alpha value is -3.97. The van der Waals surface area contributed by atoms with Gasteiger partial charge in [-0.2, -0.15) is 5.26 Å². The number of anilines is 1. The topological polar surface area (TPSA) is 151 Å². The van der Waals surface area contributed by atoms with Crippen LogP contribution >= 0.6 is 11.6 Å². The van der Waals surface area contributed by atoms with Gasteiger partial charge in [-0.25, -0.2) is 4.79 Å². The maximum Gasteiger partial charge on any atom is 0.329 e. The molecule has 10 nitrogen and oxygen atoms in total. The van der Waals surface area contributed by atoms with E-state index in [1.54, 1.807) is 32.0 Å². The molecule has 0 spiro atoms. The zero-order chi connectivity index (χ0) is 23.8. The number of ether oxygens (including phenoxy) is 1. The fraction of sp³-hybridized carbons (Fsp3) is 0.238. The Bertz CT molecular complexity index is 1100. The minimum atomic E-state index is -1.04. The summed E-state index contributed by atoms with van der Waals surface area (Å²) in [5, 5.41) is 25.1. The van der Waals surface area contributed by atoms with Gasteiger partial charge in [0, 0.05) is 12.1 Å². The first-order valence-corrected chi connectivity index (χ1v) is 9.72. The predicted molar refractivity (Wildman–Crippen MR) is 115 cm³/mol. The molecule has 0 radical (unpaired) electrons. The van der Waals surface area contributed by atoms with E-state index in [1.807, 2.05) is 0 Å². The van der Waals surface area contributed by atoms with Gasteiger partial charge < -0.3 is 15.4 Å². The molecule has 0 aliphatic rings. The molecule has 0 fully saturated rings. The molecule has 11 heteroatoms. The lowest BCUT2D eigenvalue weighted by atomic mass is 10.0. The number of benzene rings is 2. The van der Waals surface area contributed by atoms with E-state index in [4.69, 9.17) is 21.6 Å². The minimum absolute atomic E-state index is 0.0339. The van der Waals surface area contributed by atoms with E-state index in [9.17, 15) is 24.5 Å². The summed E-state index contributed by atoms with van der Waals surface area (Å²) in [7, 11) is 0. The Kier molecular flexibility index (Phi) is 8.26. The van der Waals surface area contributed by atoms with E-state index in [0.717, 1.165) is 12.1 Å². The fourth-order valence-electron chi connectivity index (χ4n) is 2.62. The number of carbonyl (C=O) groups excluding carboxylic acids is 3. The maximum atomic E-state index is 12.5. The Balaban J connectivity index is 2.01. The minimum Gasteiger partial charge on any atom is -0.454 e. The molecule has 0 aliphatic carbocycles. The number of nitrogens with zero attached hydrogens (tertiary/aromatic N) is 2. The number of esters is 1. The summed E-state index contributed by atoms with van der Waals surface area (Å²) in [4.78, 5) is 47.2. The SMILES string of the molecule is CC(C)[C@@H](NC(=O)c1ccccc1Cl)C(=O)OCC(=O)Nc1ccc([N+](=O)[O-])cc1C#N. The van der Waals surface area contributed by atoms with Crippen LogP contribution in [0.4, 0.5) is 11.4 Å². The summed E-state index contributed by atoms with van der Waals surface area (Å²) < 4.78 is 5.01. The van der Waals surface area contributed by atoms with E-state index < -0.39 is 35.4 Å². The number of halogens is 1. The second-order valence-corrected chi connectivity index (χ2v) is 7.34. The molecule has 0 heterocycles. The molecule has 0 bridgehead atoms. The summed E-state index contributed by atoms with van der Waals surface area (Å²) in [5.74, 6) is -2.51. The van der Waals surface area contributed by atoms with Gasteiger partial charge >= 0.3 is 5.97 Å².